The molecular formula is C21H21N3O5S. The molecule has 2 aromatic rings. The van der Waals surface area contributed by atoms with Gasteiger partial charge in [-0.05, 0) is 49.0 Å². The highest BCUT2D eigenvalue weighted by Crippen LogP contribution is 2.39. The highest BCUT2D eigenvalue weighted by molar-refractivity contribution is 7.16. The van der Waals surface area contributed by atoms with Gasteiger partial charge in [0.2, 0.25) is 5.91 Å². The van der Waals surface area contributed by atoms with Crippen molar-refractivity contribution in [2.24, 2.45) is 5.92 Å². The number of likely N-dealkylation sites (tertiary alicyclic amines) is 1. The first-order chi connectivity index (χ1) is 14.5. The molecule has 0 spiro atoms. The highest BCUT2D eigenvalue weighted by atomic mass is 32.1. The minimum Gasteiger partial charge on any atom is -0.465 e. The smallest absolute Gasteiger partial charge is 0.409 e. The molecule has 1 unspecified atom stereocenters. The third-order valence-corrected chi connectivity index (χ3v) is 6.39. The van der Waals surface area contributed by atoms with Gasteiger partial charge < -0.3 is 24.5 Å². The highest BCUT2D eigenvalue weighted by Gasteiger charge is 2.31. The minimum atomic E-state index is -0.451. The zero-order chi connectivity index (χ0) is 21.1. The molecule has 0 saturated carbocycles. The van der Waals surface area contributed by atoms with E-state index in [0.717, 1.165) is 16.9 Å². The second-order valence-electron chi connectivity index (χ2n) is 7.40. The molecule has 1 fully saturated rings. The summed E-state index contributed by atoms with van der Waals surface area (Å²) in [6, 6.07) is 5.69. The van der Waals surface area contributed by atoms with Crippen LogP contribution < -0.4 is 5.32 Å². The number of nitrogens with one attached hydrogen (secondary N) is 1. The number of aliphatic hydroxyl groups is 1. The number of ether oxygens (including phenoxy) is 1. The summed E-state index contributed by atoms with van der Waals surface area (Å²) in [5.41, 5.74) is 1.49. The Morgan fingerprint density at radius 1 is 1.47 bits per heavy atom. The maximum atomic E-state index is 12.2. The molecule has 4 rings (SSSR count). The van der Waals surface area contributed by atoms with E-state index in [1.165, 1.54) is 28.6 Å². The first kappa shape index (κ1) is 20.2. The third-order valence-electron chi connectivity index (χ3n) is 5.22. The average molecular weight is 427 g/mol. The lowest BCUT2D eigenvalue weighted by Crippen LogP contribution is -2.53. The van der Waals surface area contributed by atoms with Gasteiger partial charge in [0.05, 0.1) is 37.6 Å². The second-order valence-corrected chi connectivity index (χ2v) is 8.51. The Bertz CT molecular complexity index is 999. The summed E-state index contributed by atoms with van der Waals surface area (Å²) in [6.45, 7) is 0.946. The predicted octanol–water partition coefficient (Wildman–Crippen LogP) is 2.78. The van der Waals surface area contributed by atoms with Crippen molar-refractivity contribution >= 4 is 34.4 Å². The largest absolute Gasteiger partial charge is 0.465 e. The van der Waals surface area contributed by atoms with Crippen LogP contribution in [0.2, 0.25) is 0 Å². The molecule has 2 amide bonds. The zero-order valence-corrected chi connectivity index (χ0v) is 17.0. The summed E-state index contributed by atoms with van der Waals surface area (Å²) in [4.78, 5) is 26.7. The second kappa shape index (κ2) is 8.73. The molecule has 2 aromatic heterocycles. The van der Waals surface area contributed by atoms with E-state index in [2.05, 4.69) is 11.4 Å². The van der Waals surface area contributed by atoms with Gasteiger partial charge in [-0.15, -0.1) is 11.3 Å². The van der Waals surface area contributed by atoms with E-state index in [0.29, 0.717) is 48.9 Å². The Hall–Kier alpha value is -3.09. The van der Waals surface area contributed by atoms with E-state index >= 15 is 0 Å². The fraction of sp³-hybridized carbons (Fsp3) is 0.381. The third kappa shape index (κ3) is 4.40. The summed E-state index contributed by atoms with van der Waals surface area (Å²) in [5, 5.41) is 22.2. The van der Waals surface area contributed by atoms with Gasteiger partial charge >= 0.3 is 6.09 Å². The molecule has 1 saturated heterocycles. The molecular weight excluding hydrogens is 406 g/mol. The van der Waals surface area contributed by atoms with Crippen molar-refractivity contribution in [2.75, 3.05) is 25.0 Å². The summed E-state index contributed by atoms with van der Waals surface area (Å²) < 4.78 is 10.5. The number of carbonyl (C=O) groups is 2. The predicted molar refractivity (Wildman–Crippen MR) is 110 cm³/mol. The number of hydrogen-bond acceptors (Lipinski definition) is 7. The van der Waals surface area contributed by atoms with E-state index in [4.69, 9.17) is 9.15 Å². The summed E-state index contributed by atoms with van der Waals surface area (Å²) >= 11 is 1.40. The topological polar surface area (TPSA) is 116 Å². The van der Waals surface area contributed by atoms with Crippen molar-refractivity contribution in [2.45, 2.75) is 25.4 Å². The Kier molecular flexibility index (Phi) is 5.88. The molecule has 0 aromatic carbocycles. The number of fused-ring (bicyclic) bond motifs is 1. The molecule has 3 heterocycles. The van der Waals surface area contributed by atoms with Gasteiger partial charge in [-0.2, -0.15) is 5.26 Å². The van der Waals surface area contributed by atoms with Crippen LogP contribution in [-0.2, 0) is 22.4 Å². The van der Waals surface area contributed by atoms with Crippen molar-refractivity contribution in [1.82, 2.24) is 4.90 Å². The number of aliphatic hydroxyl groups excluding tert-OH is 1. The van der Waals surface area contributed by atoms with Gasteiger partial charge in [-0.3, -0.25) is 4.79 Å². The standard InChI is InChI=1S/C21H21N3O5S/c22-9-17-16-5-3-13(12-29-21(27)24-10-14(25)11-24)8-18(16)30-20(17)23-19(26)6-4-15-2-1-7-28-15/h1-2,4,6-7,13-14,25H,3,5,8,10-12H2,(H,23,26)/b6-4+. The lowest BCUT2D eigenvalue weighted by atomic mass is 9.88. The summed E-state index contributed by atoms with van der Waals surface area (Å²) in [7, 11) is 0. The maximum Gasteiger partial charge on any atom is 0.409 e. The van der Waals surface area contributed by atoms with Crippen LogP contribution in [-0.4, -0.2) is 47.8 Å². The monoisotopic (exact) mass is 427 g/mol. The Morgan fingerprint density at radius 3 is 3.00 bits per heavy atom. The van der Waals surface area contributed by atoms with E-state index in [9.17, 15) is 20.0 Å². The number of furan rings is 1. The Labute approximate surface area is 177 Å². The van der Waals surface area contributed by atoms with E-state index in [1.54, 1.807) is 18.2 Å². The minimum absolute atomic E-state index is 0.167. The number of hydrogen-bond donors (Lipinski definition) is 2. The van der Waals surface area contributed by atoms with Crippen LogP contribution in [0, 0.1) is 17.2 Å². The number of anilines is 1. The Balaban J connectivity index is 1.36. The van der Waals surface area contributed by atoms with Crippen LogP contribution in [0.25, 0.3) is 6.08 Å². The maximum absolute atomic E-state index is 12.2. The summed E-state index contributed by atoms with van der Waals surface area (Å²) in [5.74, 6) is 0.408. The van der Waals surface area contributed by atoms with E-state index < -0.39 is 12.2 Å². The zero-order valence-electron chi connectivity index (χ0n) is 16.2. The molecule has 0 bridgehead atoms. The van der Waals surface area contributed by atoms with Gasteiger partial charge in [-0.25, -0.2) is 4.79 Å². The first-order valence-corrected chi connectivity index (χ1v) is 10.5. The first-order valence-electron chi connectivity index (χ1n) is 9.70. The van der Waals surface area contributed by atoms with Crippen LogP contribution >= 0.6 is 11.3 Å². The van der Waals surface area contributed by atoms with Gasteiger partial charge in [0.15, 0.2) is 0 Å². The van der Waals surface area contributed by atoms with Crippen LogP contribution in [0.3, 0.4) is 0 Å². The fourth-order valence-electron chi connectivity index (χ4n) is 3.59. The number of nitriles is 1. The van der Waals surface area contributed by atoms with Crippen LogP contribution in [0.5, 0.6) is 0 Å². The van der Waals surface area contributed by atoms with E-state index in [1.807, 2.05) is 0 Å². The van der Waals surface area contributed by atoms with Crippen molar-refractivity contribution in [3.63, 3.8) is 0 Å². The Morgan fingerprint density at radius 2 is 2.30 bits per heavy atom. The quantitative estimate of drug-likeness (QED) is 0.709. The molecule has 30 heavy (non-hydrogen) atoms. The van der Waals surface area contributed by atoms with E-state index in [-0.39, 0.29) is 11.8 Å². The number of rotatable bonds is 5. The van der Waals surface area contributed by atoms with Crippen LogP contribution in [0.4, 0.5) is 9.80 Å². The molecule has 2 aliphatic rings. The molecule has 1 atom stereocenters. The lowest BCUT2D eigenvalue weighted by molar-refractivity contribution is -0.111. The molecule has 1 aliphatic carbocycles. The van der Waals surface area contributed by atoms with Crippen molar-refractivity contribution in [1.29, 1.82) is 5.26 Å². The molecule has 8 nitrogen and oxygen atoms in total. The van der Waals surface area contributed by atoms with Crippen molar-refractivity contribution < 1.29 is 23.8 Å². The number of carbonyl (C=O) groups excluding carboxylic acids is 2. The van der Waals surface area contributed by atoms with Crippen molar-refractivity contribution in [3.05, 3.63) is 46.2 Å². The van der Waals surface area contributed by atoms with Gasteiger partial charge in [-0.1, -0.05) is 0 Å². The molecule has 2 N–H and O–H groups in total. The SMILES string of the molecule is N#Cc1c(NC(=O)/C=C/c2ccco2)sc2c1CCC(COC(=O)N1CC(O)C1)C2. The molecule has 156 valence electrons. The van der Waals surface area contributed by atoms with Gasteiger partial charge in [0, 0.05) is 11.0 Å². The normalized spacial score (nSPS) is 18.5. The molecule has 1 aliphatic heterocycles. The fourth-order valence-corrected chi connectivity index (χ4v) is 4.90. The number of nitrogens with zero attached hydrogens (tertiary/aromatic N) is 2. The summed E-state index contributed by atoms with van der Waals surface area (Å²) in [6.07, 6.45) is 5.82. The average Bonchev–Trinajstić information content (AvgIpc) is 3.34. The number of β-amino-alcohol motifs (C(OH)–C–C–N with tert-alkyl or cyclic N) is 1. The van der Waals surface area contributed by atoms with Gasteiger partial charge in [0.25, 0.3) is 0 Å². The van der Waals surface area contributed by atoms with Crippen LogP contribution in [0.1, 0.15) is 28.2 Å². The molecule has 0 radical (unpaired) electrons. The van der Waals surface area contributed by atoms with Crippen molar-refractivity contribution in [3.8, 4) is 6.07 Å². The number of amides is 2. The molecule has 9 heteroatoms. The van der Waals surface area contributed by atoms with Crippen LogP contribution in [0.15, 0.2) is 28.9 Å². The number of thiophene rings is 1. The lowest BCUT2D eigenvalue weighted by Gasteiger charge is -2.35. The van der Waals surface area contributed by atoms with Gasteiger partial charge in [0.1, 0.15) is 16.8 Å².